The minimum atomic E-state index is 0.0152. The lowest BCUT2D eigenvalue weighted by Crippen LogP contribution is -2.25. The average Bonchev–Trinajstić information content (AvgIpc) is 2.27. The van der Waals surface area contributed by atoms with E-state index >= 15 is 0 Å². The van der Waals surface area contributed by atoms with Crippen molar-refractivity contribution < 1.29 is 4.79 Å². The minimum absolute atomic E-state index is 0.0152. The molecule has 1 heteroatoms. The molecule has 1 rings (SSSR count). The Morgan fingerprint density at radius 3 is 2.43 bits per heavy atom. The maximum Gasteiger partial charge on any atom is 0.142 e. The van der Waals surface area contributed by atoms with E-state index in [4.69, 9.17) is 0 Å². The van der Waals surface area contributed by atoms with E-state index in [0.717, 1.165) is 6.29 Å². The third kappa shape index (κ3) is 2.57. The molecule has 0 unspecified atom stereocenters. The highest BCUT2D eigenvalue weighted by atomic mass is 16.1. The maximum absolute atomic E-state index is 10.3. The van der Waals surface area contributed by atoms with Gasteiger partial charge >= 0.3 is 0 Å². The topological polar surface area (TPSA) is 17.1 Å². The smallest absolute Gasteiger partial charge is 0.142 e. The van der Waals surface area contributed by atoms with Crippen LogP contribution < -0.4 is 0 Å². The van der Waals surface area contributed by atoms with Crippen molar-refractivity contribution in [3.63, 3.8) is 0 Å². The van der Waals surface area contributed by atoms with Crippen LogP contribution in [0.15, 0.2) is 24.8 Å². The molecule has 0 saturated heterocycles. The van der Waals surface area contributed by atoms with Crippen LogP contribution in [-0.4, -0.2) is 6.29 Å². The van der Waals surface area contributed by atoms with E-state index in [1.54, 1.807) is 6.08 Å². The fourth-order valence-electron chi connectivity index (χ4n) is 2.34. The van der Waals surface area contributed by atoms with Crippen molar-refractivity contribution >= 4 is 6.29 Å². The first-order valence-corrected chi connectivity index (χ1v) is 5.49. The summed E-state index contributed by atoms with van der Waals surface area (Å²) >= 11 is 0. The van der Waals surface area contributed by atoms with Crippen LogP contribution in [0.25, 0.3) is 0 Å². The Morgan fingerprint density at radius 1 is 1.29 bits per heavy atom. The summed E-state index contributed by atoms with van der Waals surface area (Å²) in [6.07, 6.45) is 13.0. The first-order valence-electron chi connectivity index (χ1n) is 5.49. The molecule has 0 aliphatic heterocycles. The lowest BCUT2D eigenvalue weighted by molar-refractivity contribution is -0.104. The predicted molar refractivity (Wildman–Crippen MR) is 60.1 cm³/mol. The van der Waals surface area contributed by atoms with Gasteiger partial charge in [-0.25, -0.2) is 0 Å². The number of aldehydes is 1. The van der Waals surface area contributed by atoms with Gasteiger partial charge in [0.2, 0.25) is 0 Å². The lowest BCUT2D eigenvalue weighted by Gasteiger charge is -2.35. The summed E-state index contributed by atoms with van der Waals surface area (Å²) in [6.45, 7) is 6.07. The van der Waals surface area contributed by atoms with Gasteiger partial charge in [0.25, 0.3) is 0 Å². The van der Waals surface area contributed by atoms with E-state index in [2.05, 4.69) is 13.5 Å². The molecule has 1 nitrogen and oxygen atoms in total. The third-order valence-corrected chi connectivity index (χ3v) is 3.46. The van der Waals surface area contributed by atoms with Gasteiger partial charge in [-0.3, -0.25) is 4.79 Å². The normalized spacial score (nSPS) is 23.2. The first kappa shape index (κ1) is 11.2. The molecule has 1 saturated carbocycles. The van der Waals surface area contributed by atoms with Gasteiger partial charge in [0.05, 0.1) is 0 Å². The standard InChI is InChI=1S/C13H20O/c1-3-13(2,10-7-11-14)12-8-5-4-6-9-12/h3,7,10-12H,1,4-6,8-9H2,2H3/b10-7+/t13-/m1/s1. The summed E-state index contributed by atoms with van der Waals surface area (Å²) in [4.78, 5) is 10.3. The van der Waals surface area contributed by atoms with Gasteiger partial charge in [-0.15, -0.1) is 6.58 Å². The van der Waals surface area contributed by atoms with E-state index in [0.29, 0.717) is 5.92 Å². The number of hydrogen-bond donors (Lipinski definition) is 0. The zero-order valence-corrected chi connectivity index (χ0v) is 9.04. The van der Waals surface area contributed by atoms with E-state index < -0.39 is 0 Å². The zero-order chi connectivity index (χ0) is 10.4. The summed E-state index contributed by atoms with van der Waals surface area (Å²) in [5, 5.41) is 0. The van der Waals surface area contributed by atoms with Crippen LogP contribution in [0, 0.1) is 11.3 Å². The van der Waals surface area contributed by atoms with Gasteiger partial charge in [0.15, 0.2) is 0 Å². The molecule has 0 aromatic rings. The first-order chi connectivity index (χ1) is 6.73. The predicted octanol–water partition coefficient (Wildman–Crippen LogP) is 3.51. The molecule has 0 radical (unpaired) electrons. The second kappa shape index (κ2) is 5.14. The highest BCUT2D eigenvalue weighted by molar-refractivity contribution is 5.65. The molecule has 0 aromatic heterocycles. The lowest BCUT2D eigenvalue weighted by atomic mass is 9.70. The van der Waals surface area contributed by atoms with E-state index in [-0.39, 0.29) is 5.41 Å². The number of allylic oxidation sites excluding steroid dienone is 3. The molecule has 1 atom stereocenters. The second-order valence-electron chi connectivity index (χ2n) is 4.40. The van der Waals surface area contributed by atoms with Crippen molar-refractivity contribution in [2.45, 2.75) is 39.0 Å². The molecule has 0 amide bonds. The van der Waals surface area contributed by atoms with Crippen LogP contribution >= 0.6 is 0 Å². The number of hydrogen-bond acceptors (Lipinski definition) is 1. The number of rotatable bonds is 4. The summed E-state index contributed by atoms with van der Waals surface area (Å²) < 4.78 is 0. The fourth-order valence-corrected chi connectivity index (χ4v) is 2.34. The van der Waals surface area contributed by atoms with Crippen molar-refractivity contribution in [2.75, 3.05) is 0 Å². The van der Waals surface area contributed by atoms with E-state index in [9.17, 15) is 4.79 Å². The SMILES string of the molecule is C=C[C@](C)(/C=C/C=O)C1CCCCC1. The van der Waals surface area contributed by atoms with Crippen LogP contribution in [0.2, 0.25) is 0 Å². The van der Waals surface area contributed by atoms with Crippen LogP contribution in [0.5, 0.6) is 0 Å². The summed E-state index contributed by atoms with van der Waals surface area (Å²) in [6, 6.07) is 0. The highest BCUT2D eigenvalue weighted by Crippen LogP contribution is 2.40. The van der Waals surface area contributed by atoms with Crippen LogP contribution in [0.1, 0.15) is 39.0 Å². The summed E-state index contributed by atoms with van der Waals surface area (Å²) in [5.74, 6) is 0.671. The zero-order valence-electron chi connectivity index (χ0n) is 9.04. The monoisotopic (exact) mass is 192 g/mol. The van der Waals surface area contributed by atoms with Crippen molar-refractivity contribution in [3.8, 4) is 0 Å². The quantitative estimate of drug-likeness (QED) is 0.378. The molecular formula is C13H20O. The van der Waals surface area contributed by atoms with Crippen molar-refractivity contribution in [1.29, 1.82) is 0 Å². The Bertz CT molecular complexity index is 223. The highest BCUT2D eigenvalue weighted by Gasteiger charge is 2.29. The molecule has 0 bridgehead atoms. The molecular weight excluding hydrogens is 172 g/mol. The fraction of sp³-hybridized carbons (Fsp3) is 0.615. The Labute approximate surface area is 86.9 Å². The van der Waals surface area contributed by atoms with Gasteiger partial charge in [0, 0.05) is 5.41 Å². The summed E-state index contributed by atoms with van der Waals surface area (Å²) in [7, 11) is 0. The molecule has 1 aliphatic rings. The molecule has 0 spiro atoms. The van der Waals surface area contributed by atoms with Crippen LogP contribution in [-0.2, 0) is 4.79 Å². The van der Waals surface area contributed by atoms with Gasteiger partial charge in [-0.2, -0.15) is 0 Å². The minimum Gasteiger partial charge on any atom is -0.299 e. The Hall–Kier alpha value is -0.850. The third-order valence-electron chi connectivity index (χ3n) is 3.46. The largest absolute Gasteiger partial charge is 0.299 e. The summed E-state index contributed by atoms with van der Waals surface area (Å²) in [5.41, 5.74) is 0.0152. The number of carbonyl (C=O) groups is 1. The Kier molecular flexibility index (Phi) is 4.12. The molecule has 14 heavy (non-hydrogen) atoms. The van der Waals surface area contributed by atoms with Crippen LogP contribution in [0.4, 0.5) is 0 Å². The average molecular weight is 192 g/mol. The molecule has 1 fully saturated rings. The molecule has 0 heterocycles. The van der Waals surface area contributed by atoms with Gasteiger partial charge < -0.3 is 0 Å². The second-order valence-corrected chi connectivity index (χ2v) is 4.40. The van der Waals surface area contributed by atoms with E-state index in [1.807, 2.05) is 12.2 Å². The van der Waals surface area contributed by atoms with Gasteiger partial charge in [-0.05, 0) is 24.8 Å². The Balaban J connectivity index is 2.70. The van der Waals surface area contributed by atoms with Gasteiger partial charge in [-0.1, -0.05) is 38.3 Å². The van der Waals surface area contributed by atoms with Gasteiger partial charge in [0.1, 0.15) is 6.29 Å². The van der Waals surface area contributed by atoms with Crippen molar-refractivity contribution in [1.82, 2.24) is 0 Å². The van der Waals surface area contributed by atoms with Crippen molar-refractivity contribution in [3.05, 3.63) is 24.8 Å². The van der Waals surface area contributed by atoms with Crippen molar-refractivity contribution in [2.24, 2.45) is 11.3 Å². The molecule has 0 N–H and O–H groups in total. The molecule has 0 aromatic carbocycles. The van der Waals surface area contributed by atoms with Crippen LogP contribution in [0.3, 0.4) is 0 Å². The molecule has 1 aliphatic carbocycles. The molecule has 78 valence electrons. The van der Waals surface area contributed by atoms with E-state index in [1.165, 1.54) is 32.1 Å². The maximum atomic E-state index is 10.3. The Morgan fingerprint density at radius 2 is 1.93 bits per heavy atom. The number of carbonyl (C=O) groups excluding carboxylic acids is 1.